The van der Waals surface area contributed by atoms with Gasteiger partial charge < -0.3 is 15.0 Å². The fraction of sp³-hybridized carbons (Fsp3) is 1.00. The van der Waals surface area contributed by atoms with E-state index in [2.05, 4.69) is 29.1 Å². The third-order valence-electron chi connectivity index (χ3n) is 4.36. The van der Waals surface area contributed by atoms with Crippen LogP contribution in [0.3, 0.4) is 0 Å². The van der Waals surface area contributed by atoms with Gasteiger partial charge in [0.1, 0.15) is 0 Å². The summed E-state index contributed by atoms with van der Waals surface area (Å²) in [6.45, 7) is 11.5. The van der Waals surface area contributed by atoms with E-state index in [4.69, 9.17) is 4.74 Å². The van der Waals surface area contributed by atoms with Crippen LogP contribution in [0.4, 0.5) is 0 Å². The highest BCUT2D eigenvalue weighted by Crippen LogP contribution is 2.22. The molecule has 0 saturated carbocycles. The minimum Gasteiger partial charge on any atom is -0.378 e. The van der Waals surface area contributed by atoms with E-state index < -0.39 is 0 Å². The Bertz CT molecular complexity index is 229. The SMILES string of the molecule is CCC1OCCC1CNCCN1CCN(C)CC1. The molecule has 2 atom stereocenters. The predicted molar refractivity (Wildman–Crippen MR) is 74.9 cm³/mol. The molecule has 2 unspecified atom stereocenters. The largest absolute Gasteiger partial charge is 0.378 e. The summed E-state index contributed by atoms with van der Waals surface area (Å²) < 4.78 is 5.72. The Morgan fingerprint density at radius 2 is 2.00 bits per heavy atom. The molecule has 0 aromatic heterocycles. The van der Waals surface area contributed by atoms with Crippen molar-refractivity contribution in [3.63, 3.8) is 0 Å². The van der Waals surface area contributed by atoms with E-state index in [-0.39, 0.29) is 0 Å². The van der Waals surface area contributed by atoms with E-state index in [1.165, 1.54) is 39.1 Å². The molecular weight excluding hydrogens is 226 g/mol. The third-order valence-corrected chi connectivity index (χ3v) is 4.36. The fourth-order valence-corrected chi connectivity index (χ4v) is 2.97. The molecule has 18 heavy (non-hydrogen) atoms. The molecule has 2 heterocycles. The van der Waals surface area contributed by atoms with E-state index in [0.717, 1.165) is 32.0 Å². The number of ether oxygens (including phenoxy) is 1. The molecule has 0 radical (unpaired) electrons. The van der Waals surface area contributed by atoms with Crippen LogP contribution in [0.5, 0.6) is 0 Å². The van der Waals surface area contributed by atoms with Gasteiger partial charge in [-0.25, -0.2) is 0 Å². The molecule has 2 rings (SSSR count). The van der Waals surface area contributed by atoms with Crippen LogP contribution in [0.1, 0.15) is 19.8 Å². The van der Waals surface area contributed by atoms with E-state index in [0.29, 0.717) is 6.10 Å². The monoisotopic (exact) mass is 255 g/mol. The lowest BCUT2D eigenvalue weighted by molar-refractivity contribution is 0.0868. The fourth-order valence-electron chi connectivity index (χ4n) is 2.97. The average Bonchev–Trinajstić information content (AvgIpc) is 2.84. The van der Waals surface area contributed by atoms with Crippen LogP contribution in [0.15, 0.2) is 0 Å². The molecule has 0 amide bonds. The summed E-state index contributed by atoms with van der Waals surface area (Å²) in [5.41, 5.74) is 0. The predicted octanol–water partition coefficient (Wildman–Crippen LogP) is 0.639. The Morgan fingerprint density at radius 3 is 2.72 bits per heavy atom. The topological polar surface area (TPSA) is 27.7 Å². The minimum absolute atomic E-state index is 0.501. The van der Waals surface area contributed by atoms with Gasteiger partial charge >= 0.3 is 0 Å². The van der Waals surface area contributed by atoms with Gasteiger partial charge in [0.05, 0.1) is 6.10 Å². The van der Waals surface area contributed by atoms with Crippen molar-refractivity contribution >= 4 is 0 Å². The number of nitrogens with one attached hydrogen (secondary N) is 1. The summed E-state index contributed by atoms with van der Waals surface area (Å²) in [6.07, 6.45) is 2.89. The Kier molecular flexibility index (Phi) is 5.89. The number of rotatable bonds is 6. The lowest BCUT2D eigenvalue weighted by Gasteiger charge is -2.32. The molecular formula is C14H29N3O. The van der Waals surface area contributed by atoms with Gasteiger partial charge in [-0.15, -0.1) is 0 Å². The summed E-state index contributed by atoms with van der Waals surface area (Å²) in [6, 6.07) is 0. The summed E-state index contributed by atoms with van der Waals surface area (Å²) >= 11 is 0. The summed E-state index contributed by atoms with van der Waals surface area (Å²) in [4.78, 5) is 4.97. The van der Waals surface area contributed by atoms with Crippen molar-refractivity contribution < 1.29 is 4.74 Å². The van der Waals surface area contributed by atoms with E-state index in [1.54, 1.807) is 0 Å². The van der Waals surface area contributed by atoms with Crippen LogP contribution in [0.25, 0.3) is 0 Å². The maximum absolute atomic E-state index is 5.72. The van der Waals surface area contributed by atoms with Crippen molar-refractivity contribution in [2.24, 2.45) is 5.92 Å². The normalized spacial score (nSPS) is 31.0. The van der Waals surface area contributed by atoms with Crippen molar-refractivity contribution in [1.82, 2.24) is 15.1 Å². The molecule has 2 aliphatic heterocycles. The summed E-state index contributed by atoms with van der Waals surface area (Å²) in [5, 5.41) is 3.61. The Hall–Kier alpha value is -0.160. The van der Waals surface area contributed by atoms with E-state index >= 15 is 0 Å². The van der Waals surface area contributed by atoms with Gasteiger partial charge in [0, 0.05) is 52.4 Å². The van der Waals surface area contributed by atoms with Gasteiger partial charge in [0.2, 0.25) is 0 Å². The van der Waals surface area contributed by atoms with E-state index in [1.807, 2.05) is 0 Å². The molecule has 0 aromatic carbocycles. The number of likely N-dealkylation sites (N-methyl/N-ethyl adjacent to an activating group) is 1. The molecule has 2 saturated heterocycles. The first-order chi connectivity index (χ1) is 8.79. The maximum atomic E-state index is 5.72. The smallest absolute Gasteiger partial charge is 0.0613 e. The van der Waals surface area contributed by atoms with Gasteiger partial charge in [-0.05, 0) is 25.8 Å². The van der Waals surface area contributed by atoms with Gasteiger partial charge in [-0.2, -0.15) is 0 Å². The van der Waals surface area contributed by atoms with Crippen molar-refractivity contribution in [2.75, 3.05) is 59.5 Å². The Morgan fingerprint density at radius 1 is 1.22 bits per heavy atom. The zero-order valence-corrected chi connectivity index (χ0v) is 12.0. The molecule has 0 spiro atoms. The zero-order chi connectivity index (χ0) is 12.8. The number of nitrogens with zero attached hydrogens (tertiary/aromatic N) is 2. The number of piperazine rings is 1. The van der Waals surface area contributed by atoms with Gasteiger partial charge in [-0.3, -0.25) is 4.90 Å². The molecule has 0 aliphatic carbocycles. The summed E-state index contributed by atoms with van der Waals surface area (Å²) in [7, 11) is 2.21. The average molecular weight is 255 g/mol. The molecule has 4 heteroatoms. The molecule has 0 aromatic rings. The number of hydrogen-bond acceptors (Lipinski definition) is 4. The van der Waals surface area contributed by atoms with Crippen LogP contribution < -0.4 is 5.32 Å². The number of hydrogen-bond donors (Lipinski definition) is 1. The highest BCUT2D eigenvalue weighted by atomic mass is 16.5. The third kappa shape index (κ3) is 4.19. The van der Waals surface area contributed by atoms with Gasteiger partial charge in [0.15, 0.2) is 0 Å². The molecule has 0 bridgehead atoms. The maximum Gasteiger partial charge on any atom is 0.0613 e. The second-order valence-electron chi connectivity index (χ2n) is 5.72. The highest BCUT2D eigenvalue weighted by Gasteiger charge is 2.25. The Labute approximate surface area is 112 Å². The first kappa shape index (κ1) is 14.3. The molecule has 2 fully saturated rings. The van der Waals surface area contributed by atoms with Crippen LogP contribution >= 0.6 is 0 Å². The van der Waals surface area contributed by atoms with Gasteiger partial charge in [0.25, 0.3) is 0 Å². The Balaban J connectivity index is 1.53. The first-order valence-corrected chi connectivity index (χ1v) is 7.53. The first-order valence-electron chi connectivity index (χ1n) is 7.53. The van der Waals surface area contributed by atoms with Crippen LogP contribution in [0, 0.1) is 5.92 Å². The second-order valence-corrected chi connectivity index (χ2v) is 5.72. The summed E-state index contributed by atoms with van der Waals surface area (Å²) in [5.74, 6) is 0.738. The second kappa shape index (κ2) is 7.43. The zero-order valence-electron chi connectivity index (χ0n) is 12.0. The molecule has 1 N–H and O–H groups in total. The standard InChI is InChI=1S/C14H29N3O/c1-3-14-13(4-11-18-14)12-15-5-6-17-9-7-16(2)8-10-17/h13-15H,3-12H2,1-2H3. The lowest BCUT2D eigenvalue weighted by Crippen LogP contribution is -2.46. The van der Waals surface area contributed by atoms with Crippen molar-refractivity contribution in [3.05, 3.63) is 0 Å². The van der Waals surface area contributed by atoms with Crippen molar-refractivity contribution in [1.29, 1.82) is 0 Å². The van der Waals surface area contributed by atoms with Crippen molar-refractivity contribution in [2.45, 2.75) is 25.9 Å². The molecule has 2 aliphatic rings. The van der Waals surface area contributed by atoms with E-state index in [9.17, 15) is 0 Å². The van der Waals surface area contributed by atoms with Crippen molar-refractivity contribution in [3.8, 4) is 0 Å². The molecule has 106 valence electrons. The highest BCUT2D eigenvalue weighted by molar-refractivity contribution is 4.77. The van der Waals surface area contributed by atoms with Crippen LogP contribution in [-0.4, -0.2) is 75.4 Å². The minimum atomic E-state index is 0.501. The lowest BCUT2D eigenvalue weighted by atomic mass is 10.00. The van der Waals surface area contributed by atoms with Gasteiger partial charge in [-0.1, -0.05) is 6.92 Å². The van der Waals surface area contributed by atoms with Crippen LogP contribution in [0.2, 0.25) is 0 Å². The molecule has 4 nitrogen and oxygen atoms in total. The van der Waals surface area contributed by atoms with Crippen LogP contribution in [-0.2, 0) is 4.74 Å². The quantitative estimate of drug-likeness (QED) is 0.705.